The van der Waals surface area contributed by atoms with Crippen molar-refractivity contribution in [2.24, 2.45) is 0 Å². The van der Waals surface area contributed by atoms with Crippen LogP contribution in [0, 0.1) is 0 Å². The number of nitrogens with zero attached hydrogens (tertiary/aromatic N) is 3. The zero-order valence-corrected chi connectivity index (χ0v) is 16.6. The van der Waals surface area contributed by atoms with Crippen molar-refractivity contribution >= 4 is 5.91 Å². The average Bonchev–Trinajstić information content (AvgIpc) is 3.16. The molecule has 0 bridgehead atoms. The molecule has 146 valence electrons. The lowest BCUT2D eigenvalue weighted by Gasteiger charge is -2.19. The molecule has 1 N–H and O–H groups in total. The fourth-order valence-electron chi connectivity index (χ4n) is 2.80. The smallest absolute Gasteiger partial charge is 0.227 e. The Morgan fingerprint density at radius 2 is 1.89 bits per heavy atom. The minimum Gasteiger partial charge on any atom is -0.356 e. The van der Waals surface area contributed by atoms with Crippen molar-refractivity contribution in [1.29, 1.82) is 0 Å². The van der Waals surface area contributed by atoms with Crippen molar-refractivity contribution in [2.75, 3.05) is 6.54 Å². The second-order valence-corrected chi connectivity index (χ2v) is 7.80. The maximum atomic E-state index is 12.1. The molecule has 6 nitrogen and oxygen atoms in total. The quantitative estimate of drug-likeness (QED) is 0.678. The zero-order valence-electron chi connectivity index (χ0n) is 16.6. The van der Waals surface area contributed by atoms with Gasteiger partial charge in [-0.15, -0.1) is 0 Å². The molecule has 3 rings (SSSR count). The van der Waals surface area contributed by atoms with E-state index in [1.807, 2.05) is 12.1 Å². The number of benzene rings is 1. The molecule has 3 aromatic rings. The number of pyridine rings is 1. The summed E-state index contributed by atoms with van der Waals surface area (Å²) in [6, 6.07) is 12.3. The van der Waals surface area contributed by atoms with E-state index in [9.17, 15) is 4.79 Å². The molecule has 1 amide bonds. The third kappa shape index (κ3) is 5.49. The average molecular weight is 378 g/mol. The van der Waals surface area contributed by atoms with Crippen LogP contribution in [0.15, 0.2) is 53.3 Å². The molecule has 1 aromatic carbocycles. The lowest BCUT2D eigenvalue weighted by atomic mass is 9.86. The van der Waals surface area contributed by atoms with E-state index < -0.39 is 0 Å². The number of aromatic nitrogens is 3. The third-order valence-corrected chi connectivity index (χ3v) is 4.51. The van der Waals surface area contributed by atoms with Gasteiger partial charge in [0.1, 0.15) is 0 Å². The summed E-state index contributed by atoms with van der Waals surface area (Å²) in [4.78, 5) is 20.4. The first kappa shape index (κ1) is 19.7. The normalized spacial score (nSPS) is 11.4. The van der Waals surface area contributed by atoms with Crippen LogP contribution < -0.4 is 5.32 Å². The fourth-order valence-corrected chi connectivity index (χ4v) is 2.80. The molecule has 0 aliphatic carbocycles. The van der Waals surface area contributed by atoms with E-state index in [1.54, 1.807) is 12.4 Å². The van der Waals surface area contributed by atoms with E-state index in [4.69, 9.17) is 4.52 Å². The van der Waals surface area contributed by atoms with Gasteiger partial charge in [0.15, 0.2) is 0 Å². The Morgan fingerprint density at radius 3 is 2.57 bits per heavy atom. The summed E-state index contributed by atoms with van der Waals surface area (Å²) in [7, 11) is 0. The molecule has 0 saturated carbocycles. The second-order valence-electron chi connectivity index (χ2n) is 7.80. The SMILES string of the molecule is CC(C)(C)c1ccc(CCNC(=O)CCc2nc(-c3cccnc3)no2)cc1. The van der Waals surface area contributed by atoms with Crippen LogP contribution in [0.3, 0.4) is 0 Å². The number of hydrogen-bond donors (Lipinski definition) is 1. The van der Waals surface area contributed by atoms with E-state index in [2.05, 4.69) is 65.5 Å². The topological polar surface area (TPSA) is 80.9 Å². The minimum atomic E-state index is -0.0209. The van der Waals surface area contributed by atoms with Crippen LogP contribution in [0.2, 0.25) is 0 Å². The van der Waals surface area contributed by atoms with Crippen molar-refractivity contribution in [3.63, 3.8) is 0 Å². The molecule has 28 heavy (non-hydrogen) atoms. The molecular weight excluding hydrogens is 352 g/mol. The van der Waals surface area contributed by atoms with Gasteiger partial charge in [-0.3, -0.25) is 9.78 Å². The van der Waals surface area contributed by atoms with E-state index >= 15 is 0 Å². The Morgan fingerprint density at radius 1 is 1.11 bits per heavy atom. The Balaban J connectivity index is 1.41. The Bertz CT molecular complexity index is 896. The number of nitrogens with one attached hydrogen (secondary N) is 1. The lowest BCUT2D eigenvalue weighted by molar-refractivity contribution is -0.121. The maximum Gasteiger partial charge on any atom is 0.227 e. The minimum absolute atomic E-state index is 0.0209. The molecule has 2 aromatic heterocycles. The molecule has 0 atom stereocenters. The molecule has 0 aliphatic rings. The first-order valence-corrected chi connectivity index (χ1v) is 9.51. The van der Waals surface area contributed by atoms with Gasteiger partial charge < -0.3 is 9.84 Å². The predicted molar refractivity (Wildman–Crippen MR) is 108 cm³/mol. The number of hydrogen-bond acceptors (Lipinski definition) is 5. The standard InChI is InChI=1S/C22H26N4O2/c1-22(2,3)18-8-6-16(7-9-18)12-14-24-19(27)10-11-20-25-21(26-28-20)17-5-4-13-23-15-17/h4-9,13,15H,10-12,14H2,1-3H3,(H,24,27). The van der Waals surface area contributed by atoms with Crippen molar-refractivity contribution in [1.82, 2.24) is 20.4 Å². The van der Waals surface area contributed by atoms with Crippen LogP contribution in [0.5, 0.6) is 0 Å². The molecule has 0 aliphatic heterocycles. The van der Waals surface area contributed by atoms with Crippen molar-refractivity contribution in [3.8, 4) is 11.4 Å². The molecular formula is C22H26N4O2. The highest BCUT2D eigenvalue weighted by Crippen LogP contribution is 2.22. The van der Waals surface area contributed by atoms with Gasteiger partial charge >= 0.3 is 0 Å². The van der Waals surface area contributed by atoms with Gasteiger partial charge in [-0.2, -0.15) is 4.98 Å². The highest BCUT2D eigenvalue weighted by Gasteiger charge is 2.13. The molecule has 0 spiro atoms. The van der Waals surface area contributed by atoms with E-state index in [0.29, 0.717) is 31.1 Å². The zero-order chi connectivity index (χ0) is 20.0. The molecule has 0 unspecified atom stereocenters. The van der Waals surface area contributed by atoms with Gasteiger partial charge in [0.2, 0.25) is 17.6 Å². The van der Waals surface area contributed by atoms with Crippen LogP contribution >= 0.6 is 0 Å². The highest BCUT2D eigenvalue weighted by molar-refractivity contribution is 5.76. The largest absolute Gasteiger partial charge is 0.356 e. The summed E-state index contributed by atoms with van der Waals surface area (Å²) in [5.41, 5.74) is 3.47. The summed E-state index contributed by atoms with van der Waals surface area (Å²) in [6.07, 6.45) is 4.90. The van der Waals surface area contributed by atoms with Crippen LogP contribution in [0.25, 0.3) is 11.4 Å². The molecule has 0 radical (unpaired) electrons. The van der Waals surface area contributed by atoms with Gasteiger partial charge in [0.05, 0.1) is 0 Å². The van der Waals surface area contributed by atoms with Gasteiger partial charge in [0.25, 0.3) is 0 Å². The second kappa shape index (κ2) is 8.78. The Labute approximate surface area is 165 Å². The molecule has 0 saturated heterocycles. The number of carbonyl (C=O) groups excluding carboxylic acids is 1. The number of carbonyl (C=O) groups is 1. The Kier molecular flexibility index (Phi) is 6.19. The molecule has 6 heteroatoms. The van der Waals surface area contributed by atoms with Gasteiger partial charge in [0, 0.05) is 37.3 Å². The van der Waals surface area contributed by atoms with E-state index in [1.165, 1.54) is 11.1 Å². The summed E-state index contributed by atoms with van der Waals surface area (Å²) in [5, 5.41) is 6.88. The summed E-state index contributed by atoms with van der Waals surface area (Å²) < 4.78 is 5.21. The summed E-state index contributed by atoms with van der Waals surface area (Å²) in [5.74, 6) is 0.918. The van der Waals surface area contributed by atoms with Crippen molar-refractivity contribution in [3.05, 3.63) is 65.8 Å². The highest BCUT2D eigenvalue weighted by atomic mass is 16.5. The van der Waals surface area contributed by atoms with E-state index in [-0.39, 0.29) is 11.3 Å². The number of rotatable bonds is 7. The van der Waals surface area contributed by atoms with Gasteiger partial charge in [-0.05, 0) is 35.1 Å². The van der Waals surface area contributed by atoms with Crippen molar-refractivity contribution in [2.45, 2.75) is 45.4 Å². The predicted octanol–water partition coefficient (Wildman–Crippen LogP) is 3.72. The first-order valence-electron chi connectivity index (χ1n) is 9.51. The summed E-state index contributed by atoms with van der Waals surface area (Å²) in [6.45, 7) is 7.21. The van der Waals surface area contributed by atoms with Crippen LogP contribution in [-0.2, 0) is 23.1 Å². The van der Waals surface area contributed by atoms with Crippen LogP contribution in [0.1, 0.15) is 44.2 Å². The Hall–Kier alpha value is -3.02. The number of aryl methyl sites for hydroxylation is 1. The molecule has 0 fully saturated rings. The van der Waals surface area contributed by atoms with Gasteiger partial charge in [-0.1, -0.05) is 50.2 Å². The monoisotopic (exact) mass is 378 g/mol. The maximum absolute atomic E-state index is 12.1. The number of amides is 1. The van der Waals surface area contributed by atoms with Crippen molar-refractivity contribution < 1.29 is 9.32 Å². The van der Waals surface area contributed by atoms with Crippen LogP contribution in [0.4, 0.5) is 0 Å². The van der Waals surface area contributed by atoms with Gasteiger partial charge in [-0.25, -0.2) is 0 Å². The third-order valence-electron chi connectivity index (χ3n) is 4.51. The van der Waals surface area contributed by atoms with Crippen LogP contribution in [-0.4, -0.2) is 27.6 Å². The van der Waals surface area contributed by atoms with E-state index in [0.717, 1.165) is 12.0 Å². The fraction of sp³-hybridized carbons (Fsp3) is 0.364. The summed E-state index contributed by atoms with van der Waals surface area (Å²) >= 11 is 0. The lowest BCUT2D eigenvalue weighted by Crippen LogP contribution is -2.25. The molecule has 2 heterocycles. The first-order chi connectivity index (χ1) is 13.4.